The van der Waals surface area contributed by atoms with E-state index in [0.29, 0.717) is 16.3 Å². The number of hydrogen-bond donors (Lipinski definition) is 1. The molecule has 0 saturated heterocycles. The molecule has 0 aliphatic heterocycles. The maximum atomic E-state index is 12.5. The predicted octanol–water partition coefficient (Wildman–Crippen LogP) is 4.51. The Hall–Kier alpha value is -2.93. The molecule has 4 rings (SSSR count). The summed E-state index contributed by atoms with van der Waals surface area (Å²) in [5, 5.41) is 10.4. The molecule has 0 aliphatic rings. The van der Waals surface area contributed by atoms with Crippen LogP contribution in [0.3, 0.4) is 0 Å². The van der Waals surface area contributed by atoms with Gasteiger partial charge in [0.25, 0.3) is 0 Å². The molecule has 0 unspecified atom stereocenters. The minimum absolute atomic E-state index is 0.00232. The summed E-state index contributed by atoms with van der Waals surface area (Å²) in [5.41, 5.74) is 3.53. The molecule has 2 N–H and O–H groups in total. The maximum Gasteiger partial charge on any atom is 0.240 e. The van der Waals surface area contributed by atoms with Gasteiger partial charge < -0.3 is 0 Å². The quantitative estimate of drug-likeness (QED) is 0.538. The van der Waals surface area contributed by atoms with Crippen molar-refractivity contribution in [2.24, 2.45) is 5.14 Å². The maximum absolute atomic E-state index is 12.5. The molecule has 0 atom stereocenters. The second-order valence-corrected chi connectivity index (χ2v) is 8.21. The summed E-state index contributed by atoms with van der Waals surface area (Å²) in [6.45, 7) is 0. The Morgan fingerprint density at radius 3 is 2.18 bits per heavy atom. The molecule has 1 heterocycles. The first kappa shape index (κ1) is 18.4. The molecule has 0 radical (unpaired) electrons. The highest BCUT2D eigenvalue weighted by atomic mass is 35.5. The van der Waals surface area contributed by atoms with Crippen molar-refractivity contribution >= 4 is 21.6 Å². The van der Waals surface area contributed by atoms with E-state index in [0.717, 1.165) is 16.7 Å². The van der Waals surface area contributed by atoms with Gasteiger partial charge in [-0.15, -0.1) is 0 Å². The van der Waals surface area contributed by atoms with Gasteiger partial charge in [-0.3, -0.25) is 0 Å². The van der Waals surface area contributed by atoms with Crippen LogP contribution in [-0.4, -0.2) is 18.2 Å². The van der Waals surface area contributed by atoms with Crippen LogP contribution < -0.4 is 5.14 Å². The Morgan fingerprint density at radius 2 is 1.57 bits per heavy atom. The molecule has 0 bridgehead atoms. The highest BCUT2D eigenvalue weighted by Crippen LogP contribution is 2.36. The van der Waals surface area contributed by atoms with Gasteiger partial charge in [-0.05, 0) is 47.0 Å². The standard InChI is InChI=1S/C21H16ClN3O2S/c22-18-9-7-15(8-10-18)17-13-19(16-5-2-1-3-6-16)21(25-12-4-11-24-25)20(14-17)28(23,26)27/h1-14H,(H2,23,26,27). The Bertz CT molecular complexity index is 1220. The molecular weight excluding hydrogens is 394 g/mol. The summed E-state index contributed by atoms with van der Waals surface area (Å²) in [4.78, 5) is 0.00232. The van der Waals surface area contributed by atoms with Crippen LogP contribution in [0, 0.1) is 0 Å². The molecule has 0 fully saturated rings. The largest absolute Gasteiger partial charge is 0.240 e. The van der Waals surface area contributed by atoms with Crippen LogP contribution in [0.25, 0.3) is 27.9 Å². The van der Waals surface area contributed by atoms with Crippen molar-refractivity contribution < 1.29 is 8.42 Å². The summed E-state index contributed by atoms with van der Waals surface area (Å²) in [7, 11) is -4.02. The van der Waals surface area contributed by atoms with Crippen molar-refractivity contribution in [1.29, 1.82) is 0 Å². The van der Waals surface area contributed by atoms with E-state index in [1.54, 1.807) is 36.7 Å². The lowest BCUT2D eigenvalue weighted by atomic mass is 9.97. The van der Waals surface area contributed by atoms with E-state index in [4.69, 9.17) is 16.7 Å². The number of hydrogen-bond acceptors (Lipinski definition) is 3. The van der Waals surface area contributed by atoms with Crippen molar-refractivity contribution in [2.45, 2.75) is 4.90 Å². The summed E-state index contributed by atoms with van der Waals surface area (Å²) < 4.78 is 26.5. The number of sulfonamides is 1. The molecule has 1 aromatic heterocycles. The number of rotatable bonds is 4. The van der Waals surface area contributed by atoms with E-state index < -0.39 is 10.0 Å². The van der Waals surface area contributed by atoms with Crippen LogP contribution in [0.2, 0.25) is 5.02 Å². The summed E-state index contributed by atoms with van der Waals surface area (Å²) >= 11 is 6.00. The lowest BCUT2D eigenvalue weighted by molar-refractivity contribution is 0.596. The van der Waals surface area contributed by atoms with Gasteiger partial charge in [-0.25, -0.2) is 18.2 Å². The van der Waals surface area contributed by atoms with E-state index >= 15 is 0 Å². The van der Waals surface area contributed by atoms with Gasteiger partial charge in [-0.2, -0.15) is 5.10 Å². The van der Waals surface area contributed by atoms with E-state index in [9.17, 15) is 8.42 Å². The highest BCUT2D eigenvalue weighted by molar-refractivity contribution is 7.89. The topological polar surface area (TPSA) is 78.0 Å². The molecule has 3 aromatic carbocycles. The fourth-order valence-corrected chi connectivity index (χ4v) is 4.00. The molecule has 5 nitrogen and oxygen atoms in total. The Kier molecular flexibility index (Phi) is 4.77. The van der Waals surface area contributed by atoms with Crippen molar-refractivity contribution in [3.8, 4) is 27.9 Å². The van der Waals surface area contributed by atoms with E-state index in [1.165, 1.54) is 4.68 Å². The number of nitrogens with two attached hydrogens (primary N) is 1. The molecule has 4 aromatic rings. The first-order valence-corrected chi connectivity index (χ1v) is 10.4. The third kappa shape index (κ3) is 3.57. The van der Waals surface area contributed by atoms with E-state index in [2.05, 4.69) is 5.10 Å². The van der Waals surface area contributed by atoms with Gasteiger partial charge in [0.2, 0.25) is 10.0 Å². The minimum Gasteiger partial charge on any atom is -0.239 e. The second-order valence-electron chi connectivity index (χ2n) is 6.24. The second kappa shape index (κ2) is 7.24. The van der Waals surface area contributed by atoms with Crippen molar-refractivity contribution in [1.82, 2.24) is 9.78 Å². The molecule has 7 heteroatoms. The molecule has 0 amide bonds. The smallest absolute Gasteiger partial charge is 0.239 e. The Morgan fingerprint density at radius 1 is 0.857 bits per heavy atom. The number of halogens is 1. The van der Waals surface area contributed by atoms with Gasteiger partial charge in [0.1, 0.15) is 4.90 Å². The molecular formula is C21H16ClN3O2S. The molecule has 0 spiro atoms. The minimum atomic E-state index is -4.02. The van der Waals surface area contributed by atoms with Crippen LogP contribution in [0.5, 0.6) is 0 Å². The third-order valence-corrected chi connectivity index (χ3v) is 5.55. The first-order chi connectivity index (χ1) is 13.4. The fraction of sp³-hybridized carbons (Fsp3) is 0. The average Bonchev–Trinajstić information content (AvgIpc) is 3.22. The van der Waals surface area contributed by atoms with E-state index in [1.807, 2.05) is 48.5 Å². The van der Waals surface area contributed by atoms with Crippen molar-refractivity contribution in [2.75, 3.05) is 0 Å². The zero-order valence-corrected chi connectivity index (χ0v) is 16.2. The lowest BCUT2D eigenvalue weighted by Crippen LogP contribution is -2.16. The lowest BCUT2D eigenvalue weighted by Gasteiger charge is -2.17. The number of benzene rings is 3. The van der Waals surface area contributed by atoms with Gasteiger partial charge in [-0.1, -0.05) is 54.1 Å². The molecule has 0 aliphatic carbocycles. The van der Waals surface area contributed by atoms with Crippen LogP contribution >= 0.6 is 11.6 Å². The predicted molar refractivity (Wildman–Crippen MR) is 111 cm³/mol. The SMILES string of the molecule is NS(=O)(=O)c1cc(-c2ccc(Cl)cc2)cc(-c2ccccc2)c1-n1cccn1. The normalized spacial score (nSPS) is 11.5. The monoisotopic (exact) mass is 409 g/mol. The summed E-state index contributed by atoms with van der Waals surface area (Å²) in [6.07, 6.45) is 3.28. The summed E-state index contributed by atoms with van der Waals surface area (Å²) in [5.74, 6) is 0. The molecule has 0 saturated carbocycles. The van der Waals surface area contributed by atoms with Gasteiger partial charge in [0.15, 0.2) is 0 Å². The third-order valence-electron chi connectivity index (χ3n) is 4.38. The Balaban J connectivity index is 2.09. The van der Waals surface area contributed by atoms with Crippen LogP contribution in [0.15, 0.2) is 90.1 Å². The molecule has 28 heavy (non-hydrogen) atoms. The number of primary sulfonamides is 1. The number of nitrogens with zero attached hydrogens (tertiary/aromatic N) is 2. The van der Waals surface area contributed by atoms with Crippen molar-refractivity contribution in [3.05, 3.63) is 90.2 Å². The van der Waals surface area contributed by atoms with Crippen LogP contribution in [0.4, 0.5) is 0 Å². The average molecular weight is 410 g/mol. The zero-order chi connectivity index (χ0) is 19.7. The zero-order valence-electron chi connectivity index (χ0n) is 14.7. The highest BCUT2D eigenvalue weighted by Gasteiger charge is 2.22. The van der Waals surface area contributed by atoms with Gasteiger partial charge in [0.05, 0.1) is 5.69 Å². The fourth-order valence-electron chi connectivity index (χ4n) is 3.11. The van der Waals surface area contributed by atoms with Gasteiger partial charge in [0, 0.05) is 23.0 Å². The first-order valence-electron chi connectivity index (χ1n) is 8.46. The van der Waals surface area contributed by atoms with Crippen LogP contribution in [0.1, 0.15) is 0 Å². The Labute approximate surface area is 168 Å². The van der Waals surface area contributed by atoms with E-state index in [-0.39, 0.29) is 4.90 Å². The van der Waals surface area contributed by atoms with Gasteiger partial charge >= 0.3 is 0 Å². The number of aromatic nitrogens is 2. The van der Waals surface area contributed by atoms with Crippen molar-refractivity contribution in [3.63, 3.8) is 0 Å². The summed E-state index contributed by atoms with van der Waals surface area (Å²) in [6, 6.07) is 22.0. The van der Waals surface area contributed by atoms with Crippen LogP contribution in [-0.2, 0) is 10.0 Å². The molecule has 140 valence electrons.